The van der Waals surface area contributed by atoms with Crippen molar-refractivity contribution in [2.75, 3.05) is 6.54 Å². The van der Waals surface area contributed by atoms with Crippen LogP contribution in [0.2, 0.25) is 0 Å². The van der Waals surface area contributed by atoms with E-state index in [-0.39, 0.29) is 18.6 Å². The van der Waals surface area contributed by atoms with Gasteiger partial charge in [-0.3, -0.25) is 4.79 Å². The lowest BCUT2D eigenvalue weighted by molar-refractivity contribution is -0.138. The summed E-state index contributed by atoms with van der Waals surface area (Å²) in [5.74, 6) is -1.68. The van der Waals surface area contributed by atoms with Crippen LogP contribution in [0.3, 0.4) is 0 Å². The van der Waals surface area contributed by atoms with Crippen LogP contribution in [-0.4, -0.2) is 29.7 Å². The number of nitrogens with one attached hydrogen (secondary N) is 2. The maximum Gasteiger partial charge on any atom is 0.315 e. The van der Waals surface area contributed by atoms with E-state index in [0.717, 1.165) is 12.8 Å². The lowest BCUT2D eigenvalue weighted by atomic mass is 9.99. The summed E-state index contributed by atoms with van der Waals surface area (Å²) < 4.78 is 0. The zero-order valence-corrected chi connectivity index (χ0v) is 11.9. The predicted molar refractivity (Wildman–Crippen MR) is 77.7 cm³/mol. The Bertz CT molecular complexity index is 434. The van der Waals surface area contributed by atoms with Crippen molar-refractivity contribution in [2.45, 2.75) is 38.6 Å². The summed E-state index contributed by atoms with van der Waals surface area (Å²) in [6.45, 7) is 4.05. The van der Waals surface area contributed by atoms with Gasteiger partial charge in [-0.1, -0.05) is 43.7 Å². The Morgan fingerprint density at radius 1 is 1.25 bits per heavy atom. The van der Waals surface area contributed by atoms with Gasteiger partial charge in [0.15, 0.2) is 0 Å². The van der Waals surface area contributed by atoms with Gasteiger partial charge in [-0.05, 0) is 18.9 Å². The molecule has 0 aromatic heterocycles. The second-order valence-electron chi connectivity index (χ2n) is 4.85. The molecule has 0 saturated carbocycles. The van der Waals surface area contributed by atoms with Crippen LogP contribution in [0.4, 0.5) is 4.79 Å². The largest absolute Gasteiger partial charge is 0.481 e. The minimum absolute atomic E-state index is 0.0734. The van der Waals surface area contributed by atoms with Crippen LogP contribution in [0.15, 0.2) is 30.3 Å². The van der Waals surface area contributed by atoms with Gasteiger partial charge in [-0.15, -0.1) is 0 Å². The summed E-state index contributed by atoms with van der Waals surface area (Å²) in [6, 6.07) is 8.65. The Labute approximate surface area is 119 Å². The molecule has 0 saturated heterocycles. The highest BCUT2D eigenvalue weighted by Gasteiger charge is 2.20. The van der Waals surface area contributed by atoms with E-state index in [4.69, 9.17) is 0 Å². The Kier molecular flexibility index (Phi) is 6.56. The first-order valence-corrected chi connectivity index (χ1v) is 6.86. The molecule has 0 aliphatic heterocycles. The highest BCUT2D eigenvalue weighted by atomic mass is 16.4. The van der Waals surface area contributed by atoms with Gasteiger partial charge < -0.3 is 15.7 Å². The standard InChI is InChI=1S/C15H22N2O3/c1-3-7-11(2)17-15(20)16-10-13(14(18)19)12-8-5-4-6-9-12/h4-6,8-9,11,13H,3,7,10H2,1-2H3,(H,18,19)(H2,16,17,20). The molecule has 0 fully saturated rings. The topological polar surface area (TPSA) is 78.4 Å². The molecule has 2 unspecified atom stereocenters. The molecular weight excluding hydrogens is 256 g/mol. The van der Waals surface area contributed by atoms with Gasteiger partial charge in [-0.25, -0.2) is 4.79 Å². The highest BCUT2D eigenvalue weighted by Crippen LogP contribution is 2.14. The van der Waals surface area contributed by atoms with Crippen molar-refractivity contribution in [3.63, 3.8) is 0 Å². The van der Waals surface area contributed by atoms with Crippen molar-refractivity contribution in [1.82, 2.24) is 10.6 Å². The molecule has 0 radical (unpaired) electrons. The SMILES string of the molecule is CCCC(C)NC(=O)NCC(C(=O)O)c1ccccc1. The summed E-state index contributed by atoms with van der Waals surface area (Å²) in [6.07, 6.45) is 1.89. The summed E-state index contributed by atoms with van der Waals surface area (Å²) in [5.41, 5.74) is 0.682. The molecule has 2 atom stereocenters. The second kappa shape index (κ2) is 8.19. The van der Waals surface area contributed by atoms with E-state index in [0.29, 0.717) is 5.56 Å². The number of carbonyl (C=O) groups is 2. The molecule has 3 N–H and O–H groups in total. The first-order valence-electron chi connectivity index (χ1n) is 6.86. The number of carboxylic acids is 1. The Hall–Kier alpha value is -2.04. The number of carbonyl (C=O) groups excluding carboxylic acids is 1. The number of hydrogen-bond donors (Lipinski definition) is 3. The van der Waals surface area contributed by atoms with Crippen LogP contribution in [0.25, 0.3) is 0 Å². The lowest BCUT2D eigenvalue weighted by Crippen LogP contribution is -2.43. The monoisotopic (exact) mass is 278 g/mol. The first kappa shape index (κ1) is 16.0. The fraction of sp³-hybridized carbons (Fsp3) is 0.467. The number of amides is 2. The van der Waals surface area contributed by atoms with Gasteiger partial charge in [-0.2, -0.15) is 0 Å². The summed E-state index contributed by atoms with van der Waals surface area (Å²) in [7, 11) is 0. The molecule has 0 aliphatic rings. The molecule has 110 valence electrons. The fourth-order valence-electron chi connectivity index (χ4n) is 2.01. The molecule has 1 aromatic rings. The quantitative estimate of drug-likeness (QED) is 0.716. The highest BCUT2D eigenvalue weighted by molar-refractivity contribution is 5.79. The summed E-state index contributed by atoms with van der Waals surface area (Å²) in [4.78, 5) is 22.9. The van der Waals surface area contributed by atoms with Crippen molar-refractivity contribution in [1.29, 1.82) is 0 Å². The third-order valence-electron chi connectivity index (χ3n) is 3.07. The third-order valence-corrected chi connectivity index (χ3v) is 3.07. The maximum atomic E-state index is 11.7. The van der Waals surface area contributed by atoms with E-state index >= 15 is 0 Å². The van der Waals surface area contributed by atoms with Crippen molar-refractivity contribution >= 4 is 12.0 Å². The van der Waals surface area contributed by atoms with Crippen molar-refractivity contribution < 1.29 is 14.7 Å². The molecule has 1 aromatic carbocycles. The van der Waals surface area contributed by atoms with E-state index in [1.165, 1.54) is 0 Å². The Morgan fingerprint density at radius 3 is 2.45 bits per heavy atom. The number of rotatable bonds is 7. The van der Waals surface area contributed by atoms with E-state index in [1.807, 2.05) is 19.9 Å². The average molecular weight is 278 g/mol. The van der Waals surface area contributed by atoms with Crippen LogP contribution in [0.5, 0.6) is 0 Å². The zero-order valence-electron chi connectivity index (χ0n) is 11.9. The van der Waals surface area contributed by atoms with Gasteiger partial charge in [0, 0.05) is 12.6 Å². The molecule has 2 amide bonds. The normalized spacial score (nSPS) is 13.3. The molecular formula is C15H22N2O3. The predicted octanol–water partition coefficient (Wildman–Crippen LogP) is 2.34. The number of carboxylic acid groups (broad SMARTS) is 1. The summed E-state index contributed by atoms with van der Waals surface area (Å²) >= 11 is 0. The van der Waals surface area contributed by atoms with Crippen LogP contribution < -0.4 is 10.6 Å². The molecule has 0 heterocycles. The van der Waals surface area contributed by atoms with Gasteiger partial charge >= 0.3 is 12.0 Å². The van der Waals surface area contributed by atoms with Gasteiger partial charge in [0.1, 0.15) is 0 Å². The number of urea groups is 1. The molecule has 20 heavy (non-hydrogen) atoms. The molecule has 0 bridgehead atoms. The van der Waals surface area contributed by atoms with Crippen LogP contribution >= 0.6 is 0 Å². The van der Waals surface area contributed by atoms with Gasteiger partial charge in [0.05, 0.1) is 5.92 Å². The number of hydrogen-bond acceptors (Lipinski definition) is 2. The number of benzene rings is 1. The Balaban J connectivity index is 2.52. The van der Waals surface area contributed by atoms with Crippen LogP contribution in [0.1, 0.15) is 38.2 Å². The zero-order chi connectivity index (χ0) is 15.0. The molecule has 5 nitrogen and oxygen atoms in total. The molecule has 1 rings (SSSR count). The minimum Gasteiger partial charge on any atom is -0.481 e. The smallest absolute Gasteiger partial charge is 0.315 e. The molecule has 0 aliphatic carbocycles. The first-order chi connectivity index (χ1) is 9.54. The summed E-state index contributed by atoms with van der Waals surface area (Å²) in [5, 5.41) is 14.6. The van der Waals surface area contributed by atoms with Gasteiger partial charge in [0.2, 0.25) is 0 Å². The van der Waals surface area contributed by atoms with E-state index in [2.05, 4.69) is 10.6 Å². The molecule has 5 heteroatoms. The van der Waals surface area contributed by atoms with Crippen LogP contribution in [-0.2, 0) is 4.79 Å². The van der Waals surface area contributed by atoms with Crippen molar-refractivity contribution in [3.05, 3.63) is 35.9 Å². The number of aliphatic carboxylic acids is 1. The van der Waals surface area contributed by atoms with Crippen LogP contribution in [0, 0.1) is 0 Å². The third kappa shape index (κ3) is 5.30. The molecule has 0 spiro atoms. The maximum absolute atomic E-state index is 11.7. The minimum atomic E-state index is -0.946. The van der Waals surface area contributed by atoms with E-state index < -0.39 is 11.9 Å². The van der Waals surface area contributed by atoms with E-state index in [1.54, 1.807) is 24.3 Å². The second-order valence-corrected chi connectivity index (χ2v) is 4.85. The van der Waals surface area contributed by atoms with Crippen molar-refractivity contribution in [2.24, 2.45) is 0 Å². The Morgan fingerprint density at radius 2 is 1.90 bits per heavy atom. The van der Waals surface area contributed by atoms with E-state index in [9.17, 15) is 14.7 Å². The average Bonchev–Trinajstić information content (AvgIpc) is 2.40. The van der Waals surface area contributed by atoms with Gasteiger partial charge in [0.25, 0.3) is 0 Å². The van der Waals surface area contributed by atoms with Crippen molar-refractivity contribution in [3.8, 4) is 0 Å². The fourth-order valence-corrected chi connectivity index (χ4v) is 2.01. The lowest BCUT2D eigenvalue weighted by Gasteiger charge is -2.16.